The van der Waals surface area contributed by atoms with Crippen molar-refractivity contribution < 1.29 is 4.79 Å². The molecule has 0 aliphatic rings. The van der Waals surface area contributed by atoms with E-state index < -0.39 is 0 Å². The van der Waals surface area contributed by atoms with Crippen LogP contribution in [-0.2, 0) is 17.8 Å². The van der Waals surface area contributed by atoms with Gasteiger partial charge in [-0.2, -0.15) is 5.10 Å². The Bertz CT molecular complexity index is 921. The number of carbonyl (C=O) groups is 1. The minimum atomic E-state index is -0.263. The number of nitrogens with one attached hydrogen (secondary N) is 2. The summed E-state index contributed by atoms with van der Waals surface area (Å²) < 4.78 is 0. The van der Waals surface area contributed by atoms with Crippen molar-refractivity contribution in [1.82, 2.24) is 15.5 Å². The molecule has 0 fully saturated rings. The van der Waals surface area contributed by atoms with Crippen LogP contribution in [0.5, 0.6) is 0 Å². The lowest BCUT2D eigenvalue weighted by atomic mass is 10.1. The summed E-state index contributed by atoms with van der Waals surface area (Å²) in [5.74, 6) is -0.186. The Labute approximate surface area is 137 Å². The van der Waals surface area contributed by atoms with Crippen LogP contribution in [0.3, 0.4) is 0 Å². The maximum atomic E-state index is 12.1. The molecule has 0 bridgehead atoms. The lowest BCUT2D eigenvalue weighted by Crippen LogP contribution is -2.26. The van der Waals surface area contributed by atoms with E-state index in [0.717, 1.165) is 5.56 Å². The van der Waals surface area contributed by atoms with Gasteiger partial charge in [0.15, 0.2) is 0 Å². The zero-order valence-electron chi connectivity index (χ0n) is 12.2. The number of aromatic amines is 1. The number of hydrogen-bond donors (Lipinski definition) is 2. The summed E-state index contributed by atoms with van der Waals surface area (Å²) in [6, 6.07) is 14.4. The number of nitrogens with zero attached hydrogens (tertiary/aromatic N) is 1. The lowest BCUT2D eigenvalue weighted by Gasteiger charge is -2.08. The predicted octanol–water partition coefficient (Wildman–Crippen LogP) is 2.44. The van der Waals surface area contributed by atoms with Crippen molar-refractivity contribution in [2.24, 2.45) is 0 Å². The van der Waals surface area contributed by atoms with Crippen molar-refractivity contribution >= 4 is 28.3 Å². The van der Waals surface area contributed by atoms with Crippen LogP contribution in [0, 0.1) is 0 Å². The first kappa shape index (κ1) is 15.2. The lowest BCUT2D eigenvalue weighted by molar-refractivity contribution is -0.120. The molecule has 0 spiro atoms. The minimum Gasteiger partial charge on any atom is -0.352 e. The van der Waals surface area contributed by atoms with Gasteiger partial charge in [0.1, 0.15) is 0 Å². The molecule has 116 valence electrons. The molecule has 2 N–H and O–H groups in total. The first-order valence-corrected chi connectivity index (χ1v) is 7.49. The van der Waals surface area contributed by atoms with Crippen LogP contribution in [-0.4, -0.2) is 16.1 Å². The fourth-order valence-corrected chi connectivity index (χ4v) is 2.56. The van der Waals surface area contributed by atoms with Crippen molar-refractivity contribution in [2.75, 3.05) is 0 Å². The van der Waals surface area contributed by atoms with Gasteiger partial charge in [-0.1, -0.05) is 48.0 Å². The second-order valence-electron chi connectivity index (χ2n) is 5.09. The van der Waals surface area contributed by atoms with Gasteiger partial charge in [0.05, 0.1) is 17.5 Å². The van der Waals surface area contributed by atoms with Crippen molar-refractivity contribution in [1.29, 1.82) is 0 Å². The molecule has 3 aromatic rings. The second kappa shape index (κ2) is 6.62. The molecular weight excluding hydrogens is 314 g/mol. The number of H-pyrrole nitrogens is 1. The van der Waals surface area contributed by atoms with Crippen molar-refractivity contribution in [3.05, 3.63) is 75.2 Å². The molecule has 1 heterocycles. The maximum Gasteiger partial charge on any atom is 0.272 e. The molecular formula is C17H14ClN3O2. The van der Waals surface area contributed by atoms with Crippen LogP contribution in [0.25, 0.3) is 10.8 Å². The average molecular weight is 328 g/mol. The monoisotopic (exact) mass is 327 g/mol. The van der Waals surface area contributed by atoms with Crippen LogP contribution in [0.15, 0.2) is 53.3 Å². The topological polar surface area (TPSA) is 74.8 Å². The highest BCUT2D eigenvalue weighted by Crippen LogP contribution is 2.15. The summed E-state index contributed by atoms with van der Waals surface area (Å²) in [7, 11) is 0. The fourth-order valence-electron chi connectivity index (χ4n) is 2.36. The van der Waals surface area contributed by atoms with Gasteiger partial charge in [-0.15, -0.1) is 0 Å². The summed E-state index contributed by atoms with van der Waals surface area (Å²) >= 11 is 6.06. The van der Waals surface area contributed by atoms with Gasteiger partial charge in [0.25, 0.3) is 5.56 Å². The summed E-state index contributed by atoms with van der Waals surface area (Å²) in [6.45, 7) is 0.347. The number of benzene rings is 2. The quantitative estimate of drug-likeness (QED) is 0.773. The highest BCUT2D eigenvalue weighted by molar-refractivity contribution is 6.31. The molecule has 0 unspecified atom stereocenters. The highest BCUT2D eigenvalue weighted by Gasteiger charge is 2.11. The Morgan fingerprint density at radius 2 is 1.78 bits per heavy atom. The van der Waals surface area contributed by atoms with E-state index in [9.17, 15) is 9.59 Å². The number of rotatable bonds is 4. The van der Waals surface area contributed by atoms with E-state index >= 15 is 0 Å². The third-order valence-electron chi connectivity index (χ3n) is 3.54. The van der Waals surface area contributed by atoms with Gasteiger partial charge < -0.3 is 5.32 Å². The number of hydrogen-bond acceptors (Lipinski definition) is 3. The van der Waals surface area contributed by atoms with Gasteiger partial charge in [-0.3, -0.25) is 9.59 Å². The van der Waals surface area contributed by atoms with Crippen LogP contribution < -0.4 is 10.9 Å². The van der Waals surface area contributed by atoms with E-state index in [-0.39, 0.29) is 17.9 Å². The van der Waals surface area contributed by atoms with Crippen LogP contribution in [0.1, 0.15) is 11.3 Å². The number of carbonyl (C=O) groups excluding carboxylic acids is 1. The SMILES string of the molecule is O=C(Cc1n[nH]c(=O)c2ccccc12)NCc1ccccc1Cl. The third-order valence-corrected chi connectivity index (χ3v) is 3.91. The third kappa shape index (κ3) is 3.40. The summed E-state index contributed by atoms with van der Waals surface area (Å²) in [6.07, 6.45) is 0.0851. The van der Waals surface area contributed by atoms with Crippen LogP contribution in [0.2, 0.25) is 5.02 Å². The average Bonchev–Trinajstić information content (AvgIpc) is 2.57. The van der Waals surface area contributed by atoms with Crippen LogP contribution >= 0.6 is 11.6 Å². The van der Waals surface area contributed by atoms with Gasteiger partial charge in [-0.05, 0) is 17.7 Å². The Balaban J connectivity index is 1.75. The van der Waals surface area contributed by atoms with Gasteiger partial charge in [0, 0.05) is 17.0 Å². The van der Waals surface area contributed by atoms with E-state index in [1.54, 1.807) is 24.3 Å². The molecule has 23 heavy (non-hydrogen) atoms. The van der Waals surface area contributed by atoms with Gasteiger partial charge in [-0.25, -0.2) is 5.10 Å². The number of amides is 1. The summed E-state index contributed by atoms with van der Waals surface area (Å²) in [5.41, 5.74) is 1.12. The largest absolute Gasteiger partial charge is 0.352 e. The predicted molar refractivity (Wildman–Crippen MR) is 89.4 cm³/mol. The molecule has 1 aromatic heterocycles. The summed E-state index contributed by atoms with van der Waals surface area (Å²) in [5, 5.41) is 11.1. The Morgan fingerprint density at radius 1 is 1.09 bits per heavy atom. The summed E-state index contributed by atoms with van der Waals surface area (Å²) in [4.78, 5) is 23.9. The molecule has 0 atom stereocenters. The van der Waals surface area contributed by atoms with Crippen molar-refractivity contribution in [3.8, 4) is 0 Å². The van der Waals surface area contributed by atoms with Crippen molar-refractivity contribution in [3.63, 3.8) is 0 Å². The molecule has 0 aliphatic carbocycles. The zero-order valence-corrected chi connectivity index (χ0v) is 12.9. The molecule has 0 saturated heterocycles. The standard InChI is InChI=1S/C17H14ClN3O2/c18-14-8-4-1-5-11(14)10-19-16(22)9-15-12-6-2-3-7-13(12)17(23)21-20-15/h1-8H,9-10H2,(H,19,22)(H,21,23). The normalized spacial score (nSPS) is 10.7. The van der Waals surface area contributed by atoms with Crippen LogP contribution in [0.4, 0.5) is 0 Å². The Morgan fingerprint density at radius 3 is 2.57 bits per heavy atom. The first-order valence-electron chi connectivity index (χ1n) is 7.11. The number of aromatic nitrogens is 2. The highest BCUT2D eigenvalue weighted by atomic mass is 35.5. The zero-order chi connectivity index (χ0) is 16.2. The fraction of sp³-hybridized carbons (Fsp3) is 0.118. The number of halogens is 1. The van der Waals surface area contributed by atoms with E-state index in [2.05, 4.69) is 15.5 Å². The maximum absolute atomic E-state index is 12.1. The van der Waals surface area contributed by atoms with E-state index in [0.29, 0.717) is 28.0 Å². The molecule has 2 aromatic carbocycles. The molecule has 6 heteroatoms. The Kier molecular flexibility index (Phi) is 4.39. The minimum absolute atomic E-state index is 0.0851. The molecule has 3 rings (SSSR count). The smallest absolute Gasteiger partial charge is 0.272 e. The van der Waals surface area contributed by atoms with E-state index in [1.165, 1.54) is 0 Å². The Hall–Kier alpha value is -2.66. The molecule has 1 amide bonds. The first-order chi connectivity index (χ1) is 11.1. The molecule has 0 saturated carbocycles. The van der Waals surface area contributed by atoms with Gasteiger partial charge >= 0.3 is 0 Å². The molecule has 0 radical (unpaired) electrons. The van der Waals surface area contributed by atoms with Gasteiger partial charge in [0.2, 0.25) is 5.91 Å². The van der Waals surface area contributed by atoms with E-state index in [4.69, 9.17) is 11.6 Å². The number of fused-ring (bicyclic) bond motifs is 1. The second-order valence-corrected chi connectivity index (χ2v) is 5.50. The van der Waals surface area contributed by atoms with E-state index in [1.807, 2.05) is 24.3 Å². The molecule has 0 aliphatic heterocycles. The van der Waals surface area contributed by atoms with Crippen molar-refractivity contribution in [2.45, 2.75) is 13.0 Å². The molecule has 5 nitrogen and oxygen atoms in total.